The lowest BCUT2D eigenvalue weighted by Crippen LogP contribution is -1.90. The molecule has 2 rings (SSSR count). The number of furan rings is 1. The minimum absolute atomic E-state index is 0.700. The summed E-state index contributed by atoms with van der Waals surface area (Å²) in [7, 11) is 0. The average Bonchev–Trinajstić information content (AvgIpc) is 2.76. The van der Waals surface area contributed by atoms with E-state index in [1.54, 1.807) is 12.5 Å². The number of halogens is 1. The molecule has 0 saturated carbocycles. The van der Waals surface area contributed by atoms with Crippen molar-refractivity contribution in [1.29, 1.82) is 0 Å². The maximum Gasteiger partial charge on any atom is 0.146 e. The molecule has 2 aromatic rings. The number of nitrogens with zero attached hydrogens (tertiary/aromatic N) is 1. The molecule has 1 heterocycles. The molecule has 82 valence electrons. The van der Waals surface area contributed by atoms with E-state index in [1.807, 2.05) is 37.3 Å². The summed E-state index contributed by atoms with van der Waals surface area (Å²) in [4.78, 5) is 0. The van der Waals surface area contributed by atoms with Crippen molar-refractivity contribution in [2.75, 3.05) is 5.43 Å². The van der Waals surface area contributed by atoms with Crippen LogP contribution in [0, 0.1) is 6.92 Å². The fourth-order valence-corrected chi connectivity index (χ4v) is 1.38. The number of benzene rings is 1. The number of hydrogen-bond acceptors (Lipinski definition) is 3. The van der Waals surface area contributed by atoms with Crippen molar-refractivity contribution in [3.8, 4) is 0 Å². The molecule has 16 heavy (non-hydrogen) atoms. The highest BCUT2D eigenvalue weighted by Crippen LogP contribution is 2.19. The van der Waals surface area contributed by atoms with E-state index in [0.717, 1.165) is 16.3 Å². The summed E-state index contributed by atoms with van der Waals surface area (Å²) in [6, 6.07) is 9.32. The molecule has 0 radical (unpaired) electrons. The first-order valence-electron chi connectivity index (χ1n) is 4.84. The van der Waals surface area contributed by atoms with Gasteiger partial charge in [-0.15, -0.1) is 0 Å². The Kier molecular flexibility index (Phi) is 3.27. The van der Waals surface area contributed by atoms with Gasteiger partial charge in [0.15, 0.2) is 0 Å². The third-order valence-corrected chi connectivity index (χ3v) is 2.51. The average molecular weight is 235 g/mol. The van der Waals surface area contributed by atoms with Gasteiger partial charge in [0.25, 0.3) is 0 Å². The van der Waals surface area contributed by atoms with Gasteiger partial charge in [-0.05, 0) is 36.8 Å². The van der Waals surface area contributed by atoms with Crippen molar-refractivity contribution in [3.63, 3.8) is 0 Å². The second-order valence-electron chi connectivity index (χ2n) is 3.35. The summed E-state index contributed by atoms with van der Waals surface area (Å²) in [6.07, 6.45) is 3.21. The van der Waals surface area contributed by atoms with Crippen LogP contribution in [0.4, 0.5) is 5.69 Å². The Balaban J connectivity index is 2.02. The molecule has 1 aromatic carbocycles. The fraction of sp³-hybridized carbons (Fsp3) is 0.0833. The quantitative estimate of drug-likeness (QED) is 0.650. The van der Waals surface area contributed by atoms with Crippen LogP contribution in [0.25, 0.3) is 0 Å². The minimum Gasteiger partial charge on any atom is -0.463 e. The molecular formula is C12H11ClN2O. The standard InChI is InChI=1S/C12H11ClN2O/c1-9-4-5-10(7-12(9)13)15-14-8-11-3-2-6-16-11/h2-8,15H,1H3/b14-8+. The number of nitrogens with one attached hydrogen (secondary N) is 1. The lowest BCUT2D eigenvalue weighted by atomic mass is 10.2. The monoisotopic (exact) mass is 234 g/mol. The molecule has 0 saturated heterocycles. The summed E-state index contributed by atoms with van der Waals surface area (Å²) < 4.78 is 5.10. The largest absolute Gasteiger partial charge is 0.463 e. The van der Waals surface area contributed by atoms with Gasteiger partial charge in [0.1, 0.15) is 5.76 Å². The topological polar surface area (TPSA) is 37.5 Å². The summed E-state index contributed by atoms with van der Waals surface area (Å²) in [5.74, 6) is 0.700. The Morgan fingerprint density at radius 1 is 1.38 bits per heavy atom. The Morgan fingerprint density at radius 2 is 2.25 bits per heavy atom. The molecule has 0 unspecified atom stereocenters. The Labute approximate surface area is 98.7 Å². The molecule has 0 aliphatic rings. The maximum absolute atomic E-state index is 5.98. The van der Waals surface area contributed by atoms with Crippen molar-refractivity contribution < 1.29 is 4.42 Å². The Bertz CT molecular complexity index is 492. The van der Waals surface area contributed by atoms with Crippen molar-refractivity contribution in [2.24, 2.45) is 5.10 Å². The Morgan fingerprint density at radius 3 is 2.94 bits per heavy atom. The van der Waals surface area contributed by atoms with E-state index in [1.165, 1.54) is 0 Å². The molecule has 0 fully saturated rings. The van der Waals surface area contributed by atoms with E-state index < -0.39 is 0 Å². The number of hydrogen-bond donors (Lipinski definition) is 1. The lowest BCUT2D eigenvalue weighted by Gasteiger charge is -2.02. The van der Waals surface area contributed by atoms with Crippen LogP contribution in [-0.2, 0) is 0 Å². The lowest BCUT2D eigenvalue weighted by molar-refractivity contribution is 0.560. The second kappa shape index (κ2) is 4.86. The first kappa shape index (κ1) is 10.8. The van der Waals surface area contributed by atoms with Crippen LogP contribution in [0.2, 0.25) is 5.02 Å². The third kappa shape index (κ3) is 2.64. The van der Waals surface area contributed by atoms with Gasteiger partial charge in [0.2, 0.25) is 0 Å². The van der Waals surface area contributed by atoms with E-state index in [2.05, 4.69) is 10.5 Å². The highest BCUT2D eigenvalue weighted by molar-refractivity contribution is 6.31. The van der Waals surface area contributed by atoms with Crippen LogP contribution >= 0.6 is 11.6 Å². The predicted octanol–water partition coefficient (Wildman–Crippen LogP) is 3.69. The van der Waals surface area contributed by atoms with Gasteiger partial charge >= 0.3 is 0 Å². The molecular weight excluding hydrogens is 224 g/mol. The predicted molar refractivity (Wildman–Crippen MR) is 66.1 cm³/mol. The van der Waals surface area contributed by atoms with Crippen LogP contribution < -0.4 is 5.43 Å². The second-order valence-corrected chi connectivity index (χ2v) is 3.76. The summed E-state index contributed by atoms with van der Waals surface area (Å²) >= 11 is 5.98. The zero-order valence-electron chi connectivity index (χ0n) is 8.77. The van der Waals surface area contributed by atoms with Gasteiger partial charge in [0, 0.05) is 5.02 Å². The van der Waals surface area contributed by atoms with E-state index in [0.29, 0.717) is 5.76 Å². The number of aryl methyl sites for hydroxylation is 1. The third-order valence-electron chi connectivity index (χ3n) is 2.10. The van der Waals surface area contributed by atoms with Gasteiger partial charge < -0.3 is 4.42 Å². The minimum atomic E-state index is 0.700. The number of anilines is 1. The first-order chi connectivity index (χ1) is 7.75. The van der Waals surface area contributed by atoms with Crippen LogP contribution in [0.5, 0.6) is 0 Å². The van der Waals surface area contributed by atoms with E-state index >= 15 is 0 Å². The zero-order chi connectivity index (χ0) is 11.4. The maximum atomic E-state index is 5.98. The molecule has 0 spiro atoms. The highest BCUT2D eigenvalue weighted by Gasteiger charge is 1.96. The van der Waals surface area contributed by atoms with E-state index in [9.17, 15) is 0 Å². The van der Waals surface area contributed by atoms with Gasteiger partial charge in [-0.1, -0.05) is 17.7 Å². The van der Waals surface area contributed by atoms with Gasteiger partial charge in [-0.2, -0.15) is 5.10 Å². The van der Waals surface area contributed by atoms with Crippen molar-refractivity contribution in [3.05, 3.63) is 52.9 Å². The summed E-state index contributed by atoms with van der Waals surface area (Å²) in [6.45, 7) is 1.96. The summed E-state index contributed by atoms with van der Waals surface area (Å²) in [5, 5.41) is 4.75. The van der Waals surface area contributed by atoms with Crippen molar-refractivity contribution in [1.82, 2.24) is 0 Å². The molecule has 3 nitrogen and oxygen atoms in total. The van der Waals surface area contributed by atoms with Gasteiger partial charge in [-0.3, -0.25) is 5.43 Å². The molecule has 1 aromatic heterocycles. The van der Waals surface area contributed by atoms with E-state index in [4.69, 9.17) is 16.0 Å². The molecule has 4 heteroatoms. The number of rotatable bonds is 3. The number of hydrazone groups is 1. The molecule has 0 aliphatic carbocycles. The van der Waals surface area contributed by atoms with Crippen LogP contribution in [0.3, 0.4) is 0 Å². The molecule has 0 aliphatic heterocycles. The molecule has 1 N–H and O–H groups in total. The molecule has 0 bridgehead atoms. The zero-order valence-corrected chi connectivity index (χ0v) is 9.53. The van der Waals surface area contributed by atoms with E-state index in [-0.39, 0.29) is 0 Å². The first-order valence-corrected chi connectivity index (χ1v) is 5.22. The van der Waals surface area contributed by atoms with Crippen molar-refractivity contribution >= 4 is 23.5 Å². The fourth-order valence-electron chi connectivity index (χ4n) is 1.20. The molecule has 0 atom stereocenters. The van der Waals surface area contributed by atoms with Crippen LogP contribution in [0.1, 0.15) is 11.3 Å². The Hall–Kier alpha value is -1.74. The highest BCUT2D eigenvalue weighted by atomic mass is 35.5. The smallest absolute Gasteiger partial charge is 0.146 e. The van der Waals surface area contributed by atoms with Crippen LogP contribution in [0.15, 0.2) is 46.1 Å². The normalized spacial score (nSPS) is 10.9. The van der Waals surface area contributed by atoms with Gasteiger partial charge in [0.05, 0.1) is 18.2 Å². The molecule has 0 amide bonds. The summed E-state index contributed by atoms with van der Waals surface area (Å²) in [5.41, 5.74) is 4.77. The van der Waals surface area contributed by atoms with Gasteiger partial charge in [-0.25, -0.2) is 0 Å². The van der Waals surface area contributed by atoms with Crippen molar-refractivity contribution in [2.45, 2.75) is 6.92 Å². The SMILES string of the molecule is Cc1ccc(N/N=C/c2ccco2)cc1Cl. The van der Waals surface area contributed by atoms with Crippen LogP contribution in [-0.4, -0.2) is 6.21 Å².